The fourth-order valence-corrected chi connectivity index (χ4v) is 4.17. The number of hydrogen-bond acceptors (Lipinski definition) is 5. The lowest BCUT2D eigenvalue weighted by Gasteiger charge is -2.23. The first kappa shape index (κ1) is 17.2. The fourth-order valence-electron chi connectivity index (χ4n) is 2.57. The second-order valence-corrected chi connectivity index (χ2v) is 8.37. The molecule has 0 radical (unpaired) electrons. The van der Waals surface area contributed by atoms with Crippen molar-refractivity contribution in [1.29, 1.82) is 0 Å². The van der Waals surface area contributed by atoms with Crippen molar-refractivity contribution in [3.05, 3.63) is 47.7 Å². The lowest BCUT2D eigenvalue weighted by Crippen LogP contribution is -2.30. The summed E-state index contributed by atoms with van der Waals surface area (Å²) >= 11 is 0. The summed E-state index contributed by atoms with van der Waals surface area (Å²) in [4.78, 5) is 15.7. The number of hydrogen-bond donors (Lipinski definition) is 2. The van der Waals surface area contributed by atoms with E-state index in [1.54, 1.807) is 31.3 Å². The molecule has 8 heteroatoms. The lowest BCUT2D eigenvalue weighted by atomic mass is 10.1. The number of carbonyl (C=O) groups is 1. The van der Waals surface area contributed by atoms with Crippen LogP contribution in [0.5, 0.6) is 0 Å². The van der Waals surface area contributed by atoms with Gasteiger partial charge in [0, 0.05) is 13.2 Å². The summed E-state index contributed by atoms with van der Waals surface area (Å²) in [7, 11) is -1.85. The molecule has 3 rings (SSSR count). The maximum Gasteiger partial charge on any atom is 0.252 e. The summed E-state index contributed by atoms with van der Waals surface area (Å²) in [5.41, 5.74) is 7.59. The van der Waals surface area contributed by atoms with Gasteiger partial charge < -0.3 is 11.1 Å². The van der Waals surface area contributed by atoms with Crippen LogP contribution < -0.4 is 15.4 Å². The summed E-state index contributed by atoms with van der Waals surface area (Å²) in [6.07, 6.45) is 2.91. The van der Waals surface area contributed by atoms with Crippen LogP contribution in [0.1, 0.15) is 28.8 Å². The van der Waals surface area contributed by atoms with Gasteiger partial charge in [0.2, 0.25) is 10.0 Å². The Morgan fingerprint density at radius 1 is 1.32 bits per heavy atom. The molecule has 0 unspecified atom stereocenters. The van der Waals surface area contributed by atoms with Gasteiger partial charge in [-0.05, 0) is 49.6 Å². The molecule has 0 aliphatic heterocycles. The Hall–Kier alpha value is -2.61. The summed E-state index contributed by atoms with van der Waals surface area (Å²) in [5.74, 6) is -0.319. The summed E-state index contributed by atoms with van der Waals surface area (Å²) in [6.45, 7) is 1.89. The van der Waals surface area contributed by atoms with Crippen molar-refractivity contribution in [2.75, 3.05) is 16.7 Å². The molecule has 1 aliphatic carbocycles. The van der Waals surface area contributed by atoms with Crippen LogP contribution in [-0.4, -0.2) is 31.6 Å². The van der Waals surface area contributed by atoms with E-state index in [4.69, 9.17) is 5.73 Å². The van der Waals surface area contributed by atoms with Gasteiger partial charge in [0.25, 0.3) is 5.91 Å². The van der Waals surface area contributed by atoms with Crippen molar-refractivity contribution < 1.29 is 13.2 Å². The standard InChI is InChI=1S/C17H20N4O3S/c1-11-5-8-14(20-17-13(16(18)22)4-3-9-19-17)15(10-11)21(2)25(23,24)12-6-7-12/h3-5,8-10,12H,6-7H2,1-2H3,(H2,18,22)(H,19,20). The minimum atomic E-state index is -3.40. The Balaban J connectivity index is 2.02. The first-order chi connectivity index (χ1) is 11.8. The number of nitrogens with one attached hydrogen (secondary N) is 1. The number of amides is 1. The average Bonchev–Trinajstić information content (AvgIpc) is 3.41. The van der Waals surface area contributed by atoms with E-state index >= 15 is 0 Å². The van der Waals surface area contributed by atoms with Gasteiger partial charge in [-0.1, -0.05) is 6.07 Å². The number of anilines is 3. The molecular formula is C17H20N4O3S. The highest BCUT2D eigenvalue weighted by molar-refractivity contribution is 7.93. The third-order valence-electron chi connectivity index (χ3n) is 4.15. The molecule has 1 fully saturated rings. The van der Waals surface area contributed by atoms with E-state index in [1.165, 1.54) is 10.5 Å². The number of primary amides is 1. The zero-order chi connectivity index (χ0) is 18.2. The predicted octanol–water partition coefficient (Wildman–Crippen LogP) is 2.16. The Morgan fingerprint density at radius 2 is 2.04 bits per heavy atom. The van der Waals surface area contributed by atoms with Crippen molar-refractivity contribution in [3.63, 3.8) is 0 Å². The highest BCUT2D eigenvalue weighted by Crippen LogP contribution is 2.37. The molecule has 0 saturated heterocycles. The third kappa shape index (κ3) is 3.43. The van der Waals surface area contributed by atoms with Crippen molar-refractivity contribution >= 4 is 33.1 Å². The largest absolute Gasteiger partial charge is 0.365 e. The van der Waals surface area contributed by atoms with Gasteiger partial charge in [0.15, 0.2) is 0 Å². The van der Waals surface area contributed by atoms with E-state index in [2.05, 4.69) is 10.3 Å². The molecule has 1 aromatic heterocycles. The Labute approximate surface area is 146 Å². The van der Waals surface area contributed by atoms with Crippen LogP contribution in [0.4, 0.5) is 17.2 Å². The smallest absolute Gasteiger partial charge is 0.252 e. The van der Waals surface area contributed by atoms with Crippen molar-refractivity contribution in [3.8, 4) is 0 Å². The van der Waals surface area contributed by atoms with E-state index in [1.807, 2.05) is 13.0 Å². The number of pyridine rings is 1. The second kappa shape index (κ2) is 6.36. The van der Waals surface area contributed by atoms with Gasteiger partial charge in [-0.15, -0.1) is 0 Å². The molecule has 1 aromatic carbocycles. The van der Waals surface area contributed by atoms with E-state index in [-0.39, 0.29) is 16.6 Å². The SMILES string of the molecule is Cc1ccc(Nc2ncccc2C(N)=O)c(N(C)S(=O)(=O)C2CC2)c1. The second-order valence-electron chi connectivity index (χ2n) is 6.12. The highest BCUT2D eigenvalue weighted by atomic mass is 32.2. The van der Waals surface area contributed by atoms with E-state index in [0.717, 1.165) is 5.56 Å². The quantitative estimate of drug-likeness (QED) is 0.821. The number of aryl methyl sites for hydroxylation is 1. The molecule has 0 spiro atoms. The molecule has 1 heterocycles. The fraction of sp³-hybridized carbons (Fsp3) is 0.294. The minimum absolute atomic E-state index is 0.238. The van der Waals surface area contributed by atoms with Gasteiger partial charge in [-0.2, -0.15) is 0 Å². The molecule has 1 amide bonds. The summed E-state index contributed by atoms with van der Waals surface area (Å²) in [5, 5.41) is 2.73. The maximum atomic E-state index is 12.6. The zero-order valence-corrected chi connectivity index (χ0v) is 14.9. The van der Waals surface area contributed by atoms with Crippen LogP contribution >= 0.6 is 0 Å². The van der Waals surface area contributed by atoms with Crippen molar-refractivity contribution in [2.24, 2.45) is 5.73 Å². The molecule has 0 atom stereocenters. The molecule has 3 N–H and O–H groups in total. The molecular weight excluding hydrogens is 340 g/mol. The lowest BCUT2D eigenvalue weighted by molar-refractivity contribution is 0.100. The van der Waals surface area contributed by atoms with Crippen LogP contribution in [0.25, 0.3) is 0 Å². The number of benzene rings is 1. The van der Waals surface area contributed by atoms with Crippen LogP contribution in [0.2, 0.25) is 0 Å². The number of nitrogens with two attached hydrogens (primary N) is 1. The van der Waals surface area contributed by atoms with Crippen LogP contribution in [-0.2, 0) is 10.0 Å². The van der Waals surface area contributed by atoms with Gasteiger partial charge in [0.05, 0.1) is 22.2 Å². The van der Waals surface area contributed by atoms with E-state index < -0.39 is 15.9 Å². The van der Waals surface area contributed by atoms with Crippen LogP contribution in [0.15, 0.2) is 36.5 Å². The number of sulfonamides is 1. The number of aromatic nitrogens is 1. The highest BCUT2D eigenvalue weighted by Gasteiger charge is 2.39. The number of rotatable bonds is 6. The maximum absolute atomic E-state index is 12.6. The molecule has 1 saturated carbocycles. The molecule has 132 valence electrons. The minimum Gasteiger partial charge on any atom is -0.365 e. The molecule has 1 aliphatic rings. The van der Waals surface area contributed by atoms with E-state index in [0.29, 0.717) is 24.2 Å². The third-order valence-corrected chi connectivity index (χ3v) is 6.42. The van der Waals surface area contributed by atoms with E-state index in [9.17, 15) is 13.2 Å². The Bertz CT molecular complexity index is 923. The first-order valence-corrected chi connectivity index (χ1v) is 9.41. The normalized spacial score (nSPS) is 14.2. The van der Waals surface area contributed by atoms with Gasteiger partial charge in [0.1, 0.15) is 5.82 Å². The predicted molar refractivity (Wildman–Crippen MR) is 97.6 cm³/mol. The van der Waals surface area contributed by atoms with Crippen LogP contribution in [0, 0.1) is 6.92 Å². The van der Waals surface area contributed by atoms with Crippen molar-refractivity contribution in [2.45, 2.75) is 25.0 Å². The summed E-state index contributed by atoms with van der Waals surface area (Å²) < 4.78 is 26.5. The van der Waals surface area contributed by atoms with Gasteiger partial charge in [-0.25, -0.2) is 13.4 Å². The Morgan fingerprint density at radius 3 is 2.68 bits per heavy atom. The van der Waals surface area contributed by atoms with Gasteiger partial charge in [-0.3, -0.25) is 9.10 Å². The van der Waals surface area contributed by atoms with Crippen LogP contribution in [0.3, 0.4) is 0 Å². The number of nitrogens with zero attached hydrogens (tertiary/aromatic N) is 2. The molecule has 25 heavy (non-hydrogen) atoms. The zero-order valence-electron chi connectivity index (χ0n) is 14.1. The summed E-state index contributed by atoms with van der Waals surface area (Å²) in [6, 6.07) is 8.59. The Kier molecular flexibility index (Phi) is 4.38. The van der Waals surface area contributed by atoms with Crippen molar-refractivity contribution in [1.82, 2.24) is 4.98 Å². The number of carbonyl (C=O) groups excluding carboxylic acids is 1. The topological polar surface area (TPSA) is 105 Å². The first-order valence-electron chi connectivity index (χ1n) is 7.91. The molecule has 7 nitrogen and oxygen atoms in total. The molecule has 2 aromatic rings. The van der Waals surface area contributed by atoms with Gasteiger partial charge >= 0.3 is 0 Å². The molecule has 0 bridgehead atoms. The average molecular weight is 360 g/mol. The monoisotopic (exact) mass is 360 g/mol.